The highest BCUT2D eigenvalue weighted by atomic mass is 16.6. The Morgan fingerprint density at radius 3 is 2.30 bits per heavy atom. The first-order valence-electron chi connectivity index (χ1n) is 7.09. The summed E-state index contributed by atoms with van der Waals surface area (Å²) in [6.07, 6.45) is -0.607. The van der Waals surface area contributed by atoms with Gasteiger partial charge in [0.25, 0.3) is 0 Å². The van der Waals surface area contributed by atoms with Crippen LogP contribution in [-0.2, 0) is 25.5 Å². The van der Waals surface area contributed by atoms with Gasteiger partial charge in [-0.3, -0.25) is 0 Å². The Labute approximate surface area is 134 Å². The van der Waals surface area contributed by atoms with Crippen molar-refractivity contribution in [2.45, 2.75) is 38.8 Å². The van der Waals surface area contributed by atoms with Crippen LogP contribution in [0.2, 0.25) is 0 Å². The molecule has 0 unspecified atom stereocenters. The van der Waals surface area contributed by atoms with E-state index in [2.05, 4.69) is 10.1 Å². The number of carbonyl (C=O) groups excluding carboxylic acids is 2. The van der Waals surface area contributed by atoms with Crippen molar-refractivity contribution in [3.63, 3.8) is 0 Å². The monoisotopic (exact) mass is 323 g/mol. The summed E-state index contributed by atoms with van der Waals surface area (Å²) in [6, 6.07) is 7.95. The topological polar surface area (TPSA) is 102 Å². The standard InChI is InChI=1S/C16H21NO6/c1-16(2,3)23-15(21)17-12(14(20)22-10-13(18)19)9-11-7-5-4-6-8-11/h4-8,12H,9-10H2,1-3H3,(H,17,21)(H,18,19)/t12-/m0/s1. The highest BCUT2D eigenvalue weighted by molar-refractivity contribution is 5.83. The van der Waals surface area contributed by atoms with Crippen LogP contribution < -0.4 is 5.32 Å². The van der Waals surface area contributed by atoms with Gasteiger partial charge in [0.05, 0.1) is 0 Å². The molecule has 2 N–H and O–H groups in total. The molecule has 0 heterocycles. The number of carbonyl (C=O) groups is 3. The van der Waals surface area contributed by atoms with Gasteiger partial charge in [0.1, 0.15) is 11.6 Å². The van der Waals surface area contributed by atoms with E-state index in [0.29, 0.717) is 0 Å². The first-order valence-corrected chi connectivity index (χ1v) is 7.09. The Balaban J connectivity index is 2.77. The first kappa shape index (κ1) is 18.5. The van der Waals surface area contributed by atoms with Gasteiger partial charge in [-0.25, -0.2) is 14.4 Å². The Bertz CT molecular complexity index is 549. The van der Waals surface area contributed by atoms with Gasteiger partial charge in [0.2, 0.25) is 0 Å². The maximum absolute atomic E-state index is 12.0. The van der Waals surface area contributed by atoms with Crippen LogP contribution in [0.15, 0.2) is 30.3 Å². The van der Waals surface area contributed by atoms with Gasteiger partial charge in [-0.05, 0) is 26.3 Å². The van der Waals surface area contributed by atoms with Crippen LogP contribution >= 0.6 is 0 Å². The van der Waals surface area contributed by atoms with E-state index < -0.39 is 36.3 Å². The summed E-state index contributed by atoms with van der Waals surface area (Å²) in [5, 5.41) is 11.0. The predicted molar refractivity (Wildman–Crippen MR) is 81.9 cm³/mol. The van der Waals surface area contributed by atoms with E-state index in [4.69, 9.17) is 9.84 Å². The molecule has 0 bridgehead atoms. The molecule has 1 amide bonds. The lowest BCUT2D eigenvalue weighted by atomic mass is 10.1. The third-order valence-electron chi connectivity index (χ3n) is 2.60. The average molecular weight is 323 g/mol. The van der Waals surface area contributed by atoms with Gasteiger partial charge in [-0.1, -0.05) is 30.3 Å². The van der Waals surface area contributed by atoms with E-state index in [0.717, 1.165) is 5.56 Å². The van der Waals surface area contributed by atoms with Crippen molar-refractivity contribution in [3.05, 3.63) is 35.9 Å². The molecule has 0 aliphatic heterocycles. The van der Waals surface area contributed by atoms with E-state index in [9.17, 15) is 14.4 Å². The van der Waals surface area contributed by atoms with Crippen molar-refractivity contribution >= 4 is 18.0 Å². The lowest BCUT2D eigenvalue weighted by Gasteiger charge is -2.22. The maximum atomic E-state index is 12.0. The maximum Gasteiger partial charge on any atom is 0.408 e. The van der Waals surface area contributed by atoms with Gasteiger partial charge < -0.3 is 19.9 Å². The first-order chi connectivity index (χ1) is 10.7. The Kier molecular flexibility index (Phi) is 6.56. The van der Waals surface area contributed by atoms with Crippen molar-refractivity contribution in [1.29, 1.82) is 0 Å². The molecule has 0 fully saturated rings. The molecule has 7 heteroatoms. The fourth-order valence-corrected chi connectivity index (χ4v) is 1.73. The van der Waals surface area contributed by atoms with Gasteiger partial charge in [-0.2, -0.15) is 0 Å². The van der Waals surface area contributed by atoms with E-state index in [-0.39, 0.29) is 6.42 Å². The summed E-state index contributed by atoms with van der Waals surface area (Å²) < 4.78 is 9.77. The molecule has 23 heavy (non-hydrogen) atoms. The molecule has 1 aromatic carbocycles. The average Bonchev–Trinajstić information content (AvgIpc) is 2.43. The minimum Gasteiger partial charge on any atom is -0.479 e. The van der Waals surface area contributed by atoms with Crippen molar-refractivity contribution in [2.24, 2.45) is 0 Å². The highest BCUT2D eigenvalue weighted by Crippen LogP contribution is 2.09. The van der Waals surface area contributed by atoms with Crippen molar-refractivity contribution in [2.75, 3.05) is 6.61 Å². The minimum absolute atomic E-state index is 0.165. The van der Waals surface area contributed by atoms with Crippen LogP contribution in [0.1, 0.15) is 26.3 Å². The van der Waals surface area contributed by atoms with Crippen LogP contribution in [0.4, 0.5) is 4.79 Å². The van der Waals surface area contributed by atoms with Gasteiger partial charge in [0.15, 0.2) is 6.61 Å². The normalized spacial score (nSPS) is 12.1. The number of hydrogen-bond donors (Lipinski definition) is 2. The largest absolute Gasteiger partial charge is 0.479 e. The molecule has 0 aromatic heterocycles. The van der Waals surface area contributed by atoms with Gasteiger partial charge >= 0.3 is 18.0 Å². The molecule has 0 aliphatic carbocycles. The van der Waals surface area contributed by atoms with Gasteiger partial charge in [-0.15, -0.1) is 0 Å². The molecule has 0 saturated heterocycles. The number of carboxylic acid groups (broad SMARTS) is 1. The lowest BCUT2D eigenvalue weighted by molar-refractivity contribution is -0.156. The number of alkyl carbamates (subject to hydrolysis) is 1. The van der Waals surface area contributed by atoms with Crippen molar-refractivity contribution in [3.8, 4) is 0 Å². The predicted octanol–water partition coefficient (Wildman–Crippen LogP) is 1.75. The molecule has 0 saturated carbocycles. The fraction of sp³-hybridized carbons (Fsp3) is 0.438. The quantitative estimate of drug-likeness (QED) is 0.773. The number of rotatable bonds is 6. The van der Waals surface area contributed by atoms with E-state index in [1.807, 2.05) is 6.07 Å². The van der Waals surface area contributed by atoms with E-state index in [1.54, 1.807) is 45.0 Å². The molecule has 1 rings (SSSR count). The molecular formula is C16H21NO6. The summed E-state index contributed by atoms with van der Waals surface area (Å²) >= 11 is 0. The highest BCUT2D eigenvalue weighted by Gasteiger charge is 2.26. The summed E-state index contributed by atoms with van der Waals surface area (Å²) in [7, 11) is 0. The third-order valence-corrected chi connectivity index (χ3v) is 2.60. The molecule has 7 nitrogen and oxygen atoms in total. The second-order valence-corrected chi connectivity index (χ2v) is 5.89. The molecular weight excluding hydrogens is 302 g/mol. The smallest absolute Gasteiger partial charge is 0.408 e. The Morgan fingerprint density at radius 1 is 1.17 bits per heavy atom. The molecule has 0 spiro atoms. The van der Waals surface area contributed by atoms with Crippen LogP contribution in [0, 0.1) is 0 Å². The second-order valence-electron chi connectivity index (χ2n) is 5.89. The SMILES string of the molecule is CC(C)(C)OC(=O)N[C@@H](Cc1ccccc1)C(=O)OCC(=O)O. The summed E-state index contributed by atoms with van der Waals surface area (Å²) in [4.78, 5) is 34.3. The third kappa shape index (κ3) is 7.85. The fourth-order valence-electron chi connectivity index (χ4n) is 1.73. The number of esters is 1. The van der Waals surface area contributed by atoms with Crippen LogP contribution in [0.25, 0.3) is 0 Å². The molecule has 1 aromatic rings. The number of carboxylic acids is 1. The van der Waals surface area contributed by atoms with Crippen LogP contribution in [0.5, 0.6) is 0 Å². The van der Waals surface area contributed by atoms with Gasteiger partial charge in [0, 0.05) is 6.42 Å². The Morgan fingerprint density at radius 2 is 1.78 bits per heavy atom. The van der Waals surface area contributed by atoms with Crippen LogP contribution in [0.3, 0.4) is 0 Å². The number of amides is 1. The zero-order valence-electron chi connectivity index (χ0n) is 13.4. The zero-order valence-corrected chi connectivity index (χ0v) is 13.4. The molecule has 0 radical (unpaired) electrons. The van der Waals surface area contributed by atoms with Crippen molar-refractivity contribution < 1.29 is 29.0 Å². The molecule has 126 valence electrons. The number of nitrogens with one attached hydrogen (secondary N) is 1. The summed E-state index contributed by atoms with van der Waals surface area (Å²) in [5.41, 5.74) is 0.0765. The minimum atomic E-state index is -1.27. The Hall–Kier alpha value is -2.57. The van der Waals surface area contributed by atoms with E-state index in [1.165, 1.54) is 0 Å². The van der Waals surface area contributed by atoms with E-state index >= 15 is 0 Å². The zero-order chi connectivity index (χ0) is 17.5. The lowest BCUT2D eigenvalue weighted by Crippen LogP contribution is -2.45. The van der Waals surface area contributed by atoms with Crippen molar-refractivity contribution in [1.82, 2.24) is 5.32 Å². The second kappa shape index (κ2) is 8.17. The summed E-state index contributed by atoms with van der Waals surface area (Å²) in [5.74, 6) is -2.10. The summed E-state index contributed by atoms with van der Waals surface area (Å²) in [6.45, 7) is 4.32. The van der Waals surface area contributed by atoms with Crippen LogP contribution in [-0.4, -0.2) is 41.4 Å². The number of hydrogen-bond acceptors (Lipinski definition) is 5. The number of ether oxygens (including phenoxy) is 2. The number of benzene rings is 1. The molecule has 0 aliphatic rings. The molecule has 1 atom stereocenters. The number of aliphatic carboxylic acids is 1.